The molecule has 0 aromatic heterocycles. The van der Waals surface area contributed by atoms with Crippen LogP contribution in [0.15, 0.2) is 5.11 Å². The molecule has 0 bridgehead atoms. The number of rotatable bonds is 6. The van der Waals surface area contributed by atoms with E-state index in [0.717, 1.165) is 31.6 Å². The standard InChI is InChI=1S/C12H22N4O2/c1-9-3-5-10(6-4-9)11(12(17)18-2)14-7-8-15-16-13/h9-11,14H,3-8H2,1-2H3. The number of hydrogen-bond acceptors (Lipinski definition) is 4. The van der Waals surface area contributed by atoms with Crippen molar-refractivity contribution in [2.75, 3.05) is 20.2 Å². The number of nitrogens with one attached hydrogen (secondary N) is 1. The van der Waals surface area contributed by atoms with E-state index in [2.05, 4.69) is 22.3 Å². The van der Waals surface area contributed by atoms with Crippen molar-refractivity contribution in [2.24, 2.45) is 17.0 Å². The van der Waals surface area contributed by atoms with Crippen LogP contribution < -0.4 is 5.32 Å². The van der Waals surface area contributed by atoms with E-state index < -0.39 is 0 Å². The van der Waals surface area contributed by atoms with Gasteiger partial charge in [0.2, 0.25) is 0 Å². The Morgan fingerprint density at radius 3 is 2.72 bits per heavy atom. The molecule has 0 amide bonds. The summed E-state index contributed by atoms with van der Waals surface area (Å²) in [7, 11) is 1.41. The third kappa shape index (κ3) is 4.55. The molecule has 0 saturated heterocycles. The molecular weight excluding hydrogens is 232 g/mol. The maximum Gasteiger partial charge on any atom is 0.323 e. The number of nitrogens with zero attached hydrogens (tertiary/aromatic N) is 3. The van der Waals surface area contributed by atoms with E-state index in [4.69, 9.17) is 10.3 Å². The van der Waals surface area contributed by atoms with Crippen molar-refractivity contribution in [1.82, 2.24) is 5.32 Å². The van der Waals surface area contributed by atoms with Crippen LogP contribution in [0.1, 0.15) is 32.6 Å². The number of hydrogen-bond donors (Lipinski definition) is 1. The van der Waals surface area contributed by atoms with Crippen molar-refractivity contribution in [1.29, 1.82) is 0 Å². The van der Waals surface area contributed by atoms with Crippen molar-refractivity contribution in [3.8, 4) is 0 Å². The normalized spacial score (nSPS) is 25.0. The summed E-state index contributed by atoms with van der Waals surface area (Å²) >= 11 is 0. The molecule has 6 heteroatoms. The van der Waals surface area contributed by atoms with E-state index >= 15 is 0 Å². The van der Waals surface area contributed by atoms with Crippen LogP contribution >= 0.6 is 0 Å². The lowest BCUT2D eigenvalue weighted by atomic mass is 9.79. The number of ether oxygens (including phenoxy) is 1. The fraction of sp³-hybridized carbons (Fsp3) is 0.917. The quantitative estimate of drug-likeness (QED) is 0.259. The van der Waals surface area contributed by atoms with Crippen molar-refractivity contribution >= 4 is 5.97 Å². The lowest BCUT2D eigenvalue weighted by molar-refractivity contribution is -0.145. The Kier molecular flexibility index (Phi) is 6.54. The second-order valence-electron chi connectivity index (χ2n) is 4.93. The molecule has 18 heavy (non-hydrogen) atoms. The Balaban J connectivity index is 2.49. The molecule has 6 nitrogen and oxygen atoms in total. The van der Waals surface area contributed by atoms with Crippen LogP contribution in [0.3, 0.4) is 0 Å². The summed E-state index contributed by atoms with van der Waals surface area (Å²) in [6.45, 7) is 3.11. The highest BCUT2D eigenvalue weighted by molar-refractivity contribution is 5.76. The third-order valence-electron chi connectivity index (χ3n) is 3.63. The van der Waals surface area contributed by atoms with Gasteiger partial charge in [-0.15, -0.1) is 0 Å². The Hall–Kier alpha value is -1.26. The fourth-order valence-electron chi connectivity index (χ4n) is 2.50. The predicted octanol–water partition coefficient (Wildman–Crippen LogP) is 2.25. The highest BCUT2D eigenvalue weighted by Crippen LogP contribution is 2.30. The van der Waals surface area contributed by atoms with Crippen LogP contribution in [0, 0.1) is 11.8 Å². The summed E-state index contributed by atoms with van der Waals surface area (Å²) in [5.41, 5.74) is 8.20. The average molecular weight is 254 g/mol. The molecule has 0 radical (unpaired) electrons. The van der Waals surface area contributed by atoms with Crippen LogP contribution in [0.4, 0.5) is 0 Å². The van der Waals surface area contributed by atoms with Gasteiger partial charge in [-0.25, -0.2) is 0 Å². The highest BCUT2D eigenvalue weighted by atomic mass is 16.5. The Labute approximate surface area is 108 Å². The molecule has 102 valence electrons. The van der Waals surface area contributed by atoms with Crippen molar-refractivity contribution in [3.05, 3.63) is 10.4 Å². The van der Waals surface area contributed by atoms with Crippen molar-refractivity contribution < 1.29 is 9.53 Å². The first-order chi connectivity index (χ1) is 8.69. The minimum Gasteiger partial charge on any atom is -0.468 e. The molecular formula is C12H22N4O2. The highest BCUT2D eigenvalue weighted by Gasteiger charge is 2.31. The first-order valence-electron chi connectivity index (χ1n) is 6.51. The molecule has 0 aromatic rings. The van der Waals surface area contributed by atoms with Gasteiger partial charge >= 0.3 is 5.97 Å². The van der Waals surface area contributed by atoms with Gasteiger partial charge in [0.25, 0.3) is 0 Å². The van der Waals surface area contributed by atoms with Crippen LogP contribution in [0.25, 0.3) is 10.4 Å². The Bertz CT molecular complexity index is 307. The first-order valence-corrected chi connectivity index (χ1v) is 6.51. The molecule has 1 unspecified atom stereocenters. The first kappa shape index (κ1) is 14.8. The van der Waals surface area contributed by atoms with E-state index in [1.165, 1.54) is 7.11 Å². The van der Waals surface area contributed by atoms with E-state index in [0.29, 0.717) is 19.0 Å². The Morgan fingerprint density at radius 2 is 2.17 bits per heavy atom. The second-order valence-corrected chi connectivity index (χ2v) is 4.93. The summed E-state index contributed by atoms with van der Waals surface area (Å²) in [4.78, 5) is 14.5. The molecule has 0 aromatic carbocycles. The summed E-state index contributed by atoms with van der Waals surface area (Å²) in [5.74, 6) is 0.873. The third-order valence-corrected chi connectivity index (χ3v) is 3.63. The van der Waals surface area contributed by atoms with Crippen LogP contribution in [-0.2, 0) is 9.53 Å². The molecule has 1 atom stereocenters. The zero-order chi connectivity index (χ0) is 13.4. The van der Waals surface area contributed by atoms with Crippen LogP contribution in [0.2, 0.25) is 0 Å². The van der Waals surface area contributed by atoms with E-state index in [-0.39, 0.29) is 12.0 Å². The largest absolute Gasteiger partial charge is 0.468 e. The van der Waals surface area contributed by atoms with E-state index in [9.17, 15) is 4.79 Å². The molecule has 1 aliphatic carbocycles. The maximum absolute atomic E-state index is 11.8. The van der Waals surface area contributed by atoms with Gasteiger partial charge in [0.05, 0.1) is 7.11 Å². The van der Waals surface area contributed by atoms with Gasteiger partial charge in [-0.2, -0.15) is 0 Å². The van der Waals surface area contributed by atoms with Gasteiger partial charge in [-0.3, -0.25) is 4.79 Å². The van der Waals surface area contributed by atoms with Crippen LogP contribution in [0.5, 0.6) is 0 Å². The van der Waals surface area contributed by atoms with Gasteiger partial charge in [0, 0.05) is 18.0 Å². The molecule has 0 aliphatic heterocycles. The summed E-state index contributed by atoms with van der Waals surface area (Å²) < 4.78 is 4.84. The molecule has 1 N–H and O–H groups in total. The SMILES string of the molecule is COC(=O)C(NCCN=[N+]=[N-])C1CCC(C)CC1. The van der Waals surface area contributed by atoms with Crippen molar-refractivity contribution in [3.63, 3.8) is 0 Å². The zero-order valence-corrected chi connectivity index (χ0v) is 11.1. The Morgan fingerprint density at radius 1 is 1.50 bits per heavy atom. The lowest BCUT2D eigenvalue weighted by Gasteiger charge is -2.31. The fourth-order valence-corrected chi connectivity index (χ4v) is 2.50. The molecule has 1 rings (SSSR count). The van der Waals surface area contributed by atoms with E-state index in [1.54, 1.807) is 0 Å². The lowest BCUT2D eigenvalue weighted by Crippen LogP contribution is -2.45. The predicted molar refractivity (Wildman–Crippen MR) is 68.9 cm³/mol. The maximum atomic E-state index is 11.8. The van der Waals surface area contributed by atoms with Gasteiger partial charge in [0.1, 0.15) is 6.04 Å². The topological polar surface area (TPSA) is 87.1 Å². The van der Waals surface area contributed by atoms with Gasteiger partial charge in [-0.1, -0.05) is 24.9 Å². The average Bonchev–Trinajstić information content (AvgIpc) is 2.39. The minimum atomic E-state index is -0.267. The monoisotopic (exact) mass is 254 g/mol. The zero-order valence-electron chi connectivity index (χ0n) is 11.1. The second kappa shape index (κ2) is 7.95. The number of carbonyl (C=O) groups is 1. The van der Waals surface area contributed by atoms with Crippen LogP contribution in [-0.4, -0.2) is 32.2 Å². The molecule has 1 saturated carbocycles. The van der Waals surface area contributed by atoms with E-state index in [1.807, 2.05) is 0 Å². The molecule has 0 heterocycles. The molecule has 1 fully saturated rings. The summed E-state index contributed by atoms with van der Waals surface area (Å²) in [5, 5.41) is 6.60. The smallest absolute Gasteiger partial charge is 0.323 e. The number of esters is 1. The van der Waals surface area contributed by atoms with Gasteiger partial charge in [-0.05, 0) is 30.2 Å². The van der Waals surface area contributed by atoms with Crippen molar-refractivity contribution in [2.45, 2.75) is 38.6 Å². The minimum absolute atomic E-state index is 0.213. The summed E-state index contributed by atoms with van der Waals surface area (Å²) in [6, 6.07) is -0.267. The number of methoxy groups -OCH3 is 1. The molecule has 1 aliphatic rings. The molecule has 0 spiro atoms. The number of azide groups is 1. The van der Waals surface area contributed by atoms with Gasteiger partial charge < -0.3 is 10.1 Å². The van der Waals surface area contributed by atoms with Gasteiger partial charge in [0.15, 0.2) is 0 Å². The summed E-state index contributed by atoms with van der Waals surface area (Å²) in [6.07, 6.45) is 4.43. The number of carbonyl (C=O) groups excluding carboxylic acids is 1.